The third-order valence-electron chi connectivity index (χ3n) is 4.22. The largest absolute Gasteiger partial charge is 0.458 e. The number of benzene rings is 1. The maximum atomic E-state index is 12.3. The first-order valence-corrected chi connectivity index (χ1v) is 9.02. The van der Waals surface area contributed by atoms with Crippen molar-refractivity contribution in [1.82, 2.24) is 14.3 Å². The van der Waals surface area contributed by atoms with Crippen molar-refractivity contribution in [1.29, 1.82) is 0 Å². The summed E-state index contributed by atoms with van der Waals surface area (Å²) in [5, 5.41) is 0. The van der Waals surface area contributed by atoms with Gasteiger partial charge in [0.25, 0.3) is 17.4 Å². The van der Waals surface area contributed by atoms with Gasteiger partial charge in [0.1, 0.15) is 18.8 Å². The molecule has 0 spiro atoms. The zero-order valence-electron chi connectivity index (χ0n) is 14.3. The predicted molar refractivity (Wildman–Crippen MR) is 101 cm³/mol. The molecule has 0 saturated heterocycles. The zero-order chi connectivity index (χ0) is 19.8. The molecule has 0 saturated carbocycles. The van der Waals surface area contributed by atoms with E-state index in [1.165, 1.54) is 22.6 Å². The Hall–Kier alpha value is -3.33. The molecular weight excluding hydrogens is 430 g/mol. The second kappa shape index (κ2) is 7.01. The summed E-state index contributed by atoms with van der Waals surface area (Å²) >= 11 is 3.28. The van der Waals surface area contributed by atoms with Crippen LogP contribution in [0.5, 0.6) is 0 Å². The van der Waals surface area contributed by atoms with Crippen LogP contribution in [0.4, 0.5) is 0 Å². The van der Waals surface area contributed by atoms with Crippen LogP contribution >= 0.6 is 15.9 Å². The summed E-state index contributed by atoms with van der Waals surface area (Å²) in [5.41, 5.74) is 0.870. The van der Waals surface area contributed by atoms with Gasteiger partial charge in [-0.25, -0.2) is 4.98 Å². The average Bonchev–Trinajstić information content (AvgIpc) is 2.92. The molecule has 1 aromatic carbocycles. The van der Waals surface area contributed by atoms with Gasteiger partial charge in [-0.05, 0) is 40.2 Å². The maximum absolute atomic E-state index is 12.3. The number of aromatic nitrogens is 2. The number of carbonyl (C=O) groups excluding carboxylic acids is 3. The number of amides is 2. The molecule has 1 aliphatic rings. The van der Waals surface area contributed by atoms with Crippen molar-refractivity contribution < 1.29 is 19.1 Å². The van der Waals surface area contributed by atoms with Crippen LogP contribution in [0.2, 0.25) is 0 Å². The molecule has 2 amide bonds. The van der Waals surface area contributed by atoms with Crippen molar-refractivity contribution in [3.63, 3.8) is 0 Å². The number of hydrogen-bond acceptors (Lipinski definition) is 6. The highest BCUT2D eigenvalue weighted by molar-refractivity contribution is 9.10. The lowest BCUT2D eigenvalue weighted by atomic mass is 10.1. The Kier molecular flexibility index (Phi) is 4.52. The van der Waals surface area contributed by atoms with Crippen molar-refractivity contribution in [3.05, 3.63) is 80.3 Å². The van der Waals surface area contributed by atoms with Gasteiger partial charge < -0.3 is 4.74 Å². The zero-order valence-corrected chi connectivity index (χ0v) is 15.9. The van der Waals surface area contributed by atoms with Gasteiger partial charge in [0.05, 0.1) is 16.8 Å². The normalized spacial score (nSPS) is 13.1. The summed E-state index contributed by atoms with van der Waals surface area (Å²) in [4.78, 5) is 53.9. The average molecular weight is 442 g/mol. The summed E-state index contributed by atoms with van der Waals surface area (Å²) in [6.07, 6.45) is 1.59. The van der Waals surface area contributed by atoms with Crippen LogP contribution in [0.3, 0.4) is 0 Å². The minimum absolute atomic E-state index is 0.246. The van der Waals surface area contributed by atoms with Crippen molar-refractivity contribution in [3.8, 4) is 0 Å². The number of hydrogen-bond donors (Lipinski definition) is 0. The molecule has 28 heavy (non-hydrogen) atoms. The van der Waals surface area contributed by atoms with Crippen molar-refractivity contribution in [2.24, 2.45) is 0 Å². The number of ether oxygens (including phenoxy) is 1. The highest BCUT2D eigenvalue weighted by atomic mass is 79.9. The number of esters is 1. The Morgan fingerprint density at radius 1 is 1.04 bits per heavy atom. The third-order valence-corrected chi connectivity index (χ3v) is 4.69. The lowest BCUT2D eigenvalue weighted by Gasteiger charge is -2.13. The van der Waals surface area contributed by atoms with Crippen LogP contribution in [0, 0.1) is 0 Å². The van der Waals surface area contributed by atoms with Crippen LogP contribution in [0.25, 0.3) is 5.65 Å². The third kappa shape index (κ3) is 3.20. The van der Waals surface area contributed by atoms with E-state index in [0.29, 0.717) is 5.65 Å². The van der Waals surface area contributed by atoms with Gasteiger partial charge in [-0.15, -0.1) is 0 Å². The quantitative estimate of drug-likeness (QED) is 0.452. The fraction of sp³-hybridized carbons (Fsp3) is 0.105. The number of halogens is 1. The summed E-state index contributed by atoms with van der Waals surface area (Å²) in [6.45, 7) is -0.754. The van der Waals surface area contributed by atoms with Crippen LogP contribution in [0.1, 0.15) is 26.4 Å². The molecule has 9 heteroatoms. The molecule has 2 aromatic heterocycles. The molecule has 8 nitrogen and oxygen atoms in total. The van der Waals surface area contributed by atoms with E-state index < -0.39 is 24.3 Å². The molecule has 0 fully saturated rings. The van der Waals surface area contributed by atoms with E-state index in [4.69, 9.17) is 4.74 Å². The first-order chi connectivity index (χ1) is 13.4. The first-order valence-electron chi connectivity index (χ1n) is 8.23. The fourth-order valence-corrected chi connectivity index (χ4v) is 3.25. The fourth-order valence-electron chi connectivity index (χ4n) is 2.91. The molecule has 4 rings (SSSR count). The van der Waals surface area contributed by atoms with Crippen LogP contribution in [-0.4, -0.2) is 38.6 Å². The maximum Gasteiger partial charge on any atom is 0.326 e. The highest BCUT2D eigenvalue weighted by Crippen LogP contribution is 2.22. The molecule has 3 aromatic rings. The Labute approximate surface area is 166 Å². The van der Waals surface area contributed by atoms with Gasteiger partial charge in [0.2, 0.25) is 0 Å². The number of imide groups is 1. The van der Waals surface area contributed by atoms with E-state index in [9.17, 15) is 19.2 Å². The van der Waals surface area contributed by atoms with Gasteiger partial charge >= 0.3 is 5.97 Å². The molecule has 140 valence electrons. The Morgan fingerprint density at radius 2 is 1.71 bits per heavy atom. The summed E-state index contributed by atoms with van der Waals surface area (Å²) in [7, 11) is 0. The summed E-state index contributed by atoms with van der Waals surface area (Å²) in [6, 6.07) is 11.0. The van der Waals surface area contributed by atoms with Crippen molar-refractivity contribution in [2.75, 3.05) is 6.54 Å². The van der Waals surface area contributed by atoms with E-state index in [-0.39, 0.29) is 29.0 Å². The summed E-state index contributed by atoms with van der Waals surface area (Å²) < 4.78 is 7.19. The number of nitrogens with zero attached hydrogens (tertiary/aromatic N) is 3. The Bertz CT molecular complexity index is 1170. The molecular formula is C19H12BrN3O5. The van der Waals surface area contributed by atoms with Crippen LogP contribution < -0.4 is 5.56 Å². The van der Waals surface area contributed by atoms with Crippen LogP contribution in [-0.2, 0) is 16.1 Å². The molecule has 0 radical (unpaired) electrons. The van der Waals surface area contributed by atoms with Crippen LogP contribution in [0.15, 0.2) is 57.9 Å². The molecule has 1 aliphatic heterocycles. The van der Waals surface area contributed by atoms with E-state index in [0.717, 1.165) is 9.37 Å². The SMILES string of the molecule is O=C(CN1C(=O)c2ccccc2C1=O)OCc1cc(=O)n2cc(Br)ccc2n1. The van der Waals surface area contributed by atoms with Gasteiger partial charge in [-0.1, -0.05) is 12.1 Å². The Morgan fingerprint density at radius 3 is 2.39 bits per heavy atom. The van der Waals surface area contributed by atoms with E-state index in [2.05, 4.69) is 20.9 Å². The van der Waals surface area contributed by atoms with Crippen molar-refractivity contribution >= 4 is 39.4 Å². The summed E-state index contributed by atoms with van der Waals surface area (Å²) in [5.74, 6) is -1.84. The molecule has 0 aliphatic carbocycles. The number of rotatable bonds is 4. The van der Waals surface area contributed by atoms with Gasteiger partial charge in [0.15, 0.2) is 0 Å². The molecule has 3 heterocycles. The number of fused-ring (bicyclic) bond motifs is 2. The second-order valence-electron chi connectivity index (χ2n) is 6.06. The van der Waals surface area contributed by atoms with E-state index >= 15 is 0 Å². The monoisotopic (exact) mass is 441 g/mol. The Balaban J connectivity index is 1.45. The number of carbonyl (C=O) groups is 3. The van der Waals surface area contributed by atoms with E-state index in [1.54, 1.807) is 30.5 Å². The minimum Gasteiger partial charge on any atom is -0.458 e. The molecule has 0 bridgehead atoms. The lowest BCUT2D eigenvalue weighted by Crippen LogP contribution is -2.35. The number of pyridine rings is 1. The van der Waals surface area contributed by atoms with E-state index in [1.807, 2.05) is 0 Å². The smallest absolute Gasteiger partial charge is 0.326 e. The topological polar surface area (TPSA) is 98.0 Å². The molecule has 0 atom stereocenters. The lowest BCUT2D eigenvalue weighted by molar-refractivity contribution is -0.145. The molecule has 0 N–H and O–H groups in total. The second-order valence-corrected chi connectivity index (χ2v) is 6.98. The molecule has 0 unspecified atom stereocenters. The minimum atomic E-state index is -0.771. The predicted octanol–water partition coefficient (Wildman–Crippen LogP) is 1.80. The van der Waals surface area contributed by atoms with Crippen molar-refractivity contribution in [2.45, 2.75) is 6.61 Å². The highest BCUT2D eigenvalue weighted by Gasteiger charge is 2.36. The van der Waals surface area contributed by atoms with Gasteiger partial charge in [-0.3, -0.25) is 28.5 Å². The first kappa shape index (κ1) is 18.1. The van der Waals surface area contributed by atoms with Gasteiger partial charge in [-0.2, -0.15) is 0 Å². The standard InChI is InChI=1S/C19H12BrN3O5/c20-11-5-6-15-21-12(7-16(24)22(15)8-11)10-28-17(25)9-23-18(26)13-3-1-2-4-14(13)19(23)27/h1-8H,9-10H2. The van der Waals surface area contributed by atoms with Gasteiger partial charge in [0, 0.05) is 16.7 Å².